The van der Waals surface area contributed by atoms with Crippen molar-refractivity contribution >= 4 is 0 Å². The van der Waals surface area contributed by atoms with Gasteiger partial charge in [0.05, 0.1) is 7.11 Å². The number of unbranched alkanes of at least 4 members (excludes halogenated alkanes) is 9. The van der Waals surface area contributed by atoms with E-state index in [0.29, 0.717) is 0 Å². The average molecular weight is 303 g/mol. The number of hydrogen-bond acceptors (Lipinski definition) is 1. The Bertz CT molecular complexity index is 377. The van der Waals surface area contributed by atoms with Crippen molar-refractivity contribution in [2.75, 3.05) is 7.11 Å². The molecule has 0 saturated carbocycles. The fourth-order valence-corrected chi connectivity index (χ4v) is 2.67. The van der Waals surface area contributed by atoms with Crippen molar-refractivity contribution in [3.05, 3.63) is 42.0 Å². The summed E-state index contributed by atoms with van der Waals surface area (Å²) in [7, 11) is 1.71. The van der Waals surface area contributed by atoms with Gasteiger partial charge in [0, 0.05) is 0 Å². The van der Waals surface area contributed by atoms with E-state index in [0.717, 1.165) is 12.2 Å². The highest BCUT2D eigenvalue weighted by atomic mass is 16.5. The lowest BCUT2D eigenvalue weighted by atomic mass is 10.1. The molecule has 0 fully saturated rings. The molecule has 0 radical (unpaired) electrons. The van der Waals surface area contributed by atoms with E-state index in [9.17, 15) is 0 Å². The van der Waals surface area contributed by atoms with Crippen molar-refractivity contribution in [1.29, 1.82) is 0 Å². The fraction of sp³-hybridized carbons (Fsp3) is 0.619. The molecule has 1 heteroatoms. The summed E-state index contributed by atoms with van der Waals surface area (Å²) in [5.41, 5.74) is 1.35. The van der Waals surface area contributed by atoms with E-state index in [1.54, 1.807) is 7.11 Å². The fourth-order valence-electron chi connectivity index (χ4n) is 2.67. The molecule has 0 heterocycles. The summed E-state index contributed by atoms with van der Waals surface area (Å²) < 4.78 is 5.17. The summed E-state index contributed by atoms with van der Waals surface area (Å²) >= 11 is 0. The van der Waals surface area contributed by atoms with Crippen LogP contribution in [0.2, 0.25) is 0 Å². The van der Waals surface area contributed by atoms with Crippen LogP contribution in [0.3, 0.4) is 0 Å². The molecule has 0 amide bonds. The van der Waals surface area contributed by atoms with Crippen LogP contribution in [0.1, 0.15) is 76.7 Å². The van der Waals surface area contributed by atoms with Crippen molar-refractivity contribution in [3.63, 3.8) is 0 Å². The van der Waals surface area contributed by atoms with Crippen LogP contribution in [0.15, 0.2) is 36.4 Å². The third-order valence-corrected chi connectivity index (χ3v) is 4.15. The Morgan fingerprint density at radius 2 is 1.36 bits per heavy atom. The minimum atomic E-state index is 0.933. The molecule has 0 saturated heterocycles. The quantitative estimate of drug-likeness (QED) is 0.290. The maximum atomic E-state index is 5.17. The first-order chi connectivity index (χ1) is 10.9. The molecule has 0 aliphatic heterocycles. The number of ether oxygens (including phenoxy) is 1. The summed E-state index contributed by atoms with van der Waals surface area (Å²) in [6.45, 7) is 2.28. The van der Waals surface area contributed by atoms with E-state index in [1.165, 1.54) is 69.8 Å². The van der Waals surface area contributed by atoms with Crippen LogP contribution in [0, 0.1) is 0 Å². The second kappa shape index (κ2) is 13.4. The Hall–Kier alpha value is -1.24. The second-order valence-electron chi connectivity index (χ2n) is 6.14. The highest BCUT2D eigenvalue weighted by Gasteiger charge is 1.93. The molecular weight excluding hydrogens is 268 g/mol. The molecule has 0 aliphatic carbocycles. The van der Waals surface area contributed by atoms with Gasteiger partial charge in [-0.2, -0.15) is 0 Å². The van der Waals surface area contributed by atoms with Gasteiger partial charge in [0.15, 0.2) is 0 Å². The molecule has 1 rings (SSSR count). The molecule has 1 aromatic carbocycles. The van der Waals surface area contributed by atoms with Crippen LogP contribution in [-0.4, -0.2) is 7.11 Å². The van der Waals surface area contributed by atoms with Gasteiger partial charge in [-0.05, 0) is 37.0 Å². The minimum absolute atomic E-state index is 0.933. The van der Waals surface area contributed by atoms with E-state index in [4.69, 9.17) is 4.74 Å². The van der Waals surface area contributed by atoms with E-state index in [-0.39, 0.29) is 0 Å². The standard InChI is InChI=1S/C21H34O/c1-3-4-5-6-7-8-9-10-11-12-13-14-15-20-16-18-21(22-2)19-17-20/h13-14,16-19H,3-12,15H2,1-2H3. The van der Waals surface area contributed by atoms with Crippen LogP contribution >= 0.6 is 0 Å². The molecule has 0 unspecified atom stereocenters. The zero-order chi connectivity index (χ0) is 15.9. The van der Waals surface area contributed by atoms with Crippen LogP contribution in [0.5, 0.6) is 5.75 Å². The first-order valence-electron chi connectivity index (χ1n) is 9.14. The topological polar surface area (TPSA) is 9.23 Å². The zero-order valence-electron chi connectivity index (χ0n) is 14.7. The van der Waals surface area contributed by atoms with Gasteiger partial charge in [-0.15, -0.1) is 0 Å². The average Bonchev–Trinajstić information content (AvgIpc) is 2.56. The lowest BCUT2D eigenvalue weighted by Crippen LogP contribution is -1.84. The molecule has 0 bridgehead atoms. The van der Waals surface area contributed by atoms with Crippen molar-refractivity contribution in [2.24, 2.45) is 0 Å². The summed E-state index contributed by atoms with van der Waals surface area (Å²) in [4.78, 5) is 0. The summed E-state index contributed by atoms with van der Waals surface area (Å²) in [6.07, 6.45) is 19.5. The Morgan fingerprint density at radius 1 is 0.773 bits per heavy atom. The van der Waals surface area contributed by atoms with Gasteiger partial charge in [-0.25, -0.2) is 0 Å². The Morgan fingerprint density at radius 3 is 1.95 bits per heavy atom. The van der Waals surface area contributed by atoms with E-state index < -0.39 is 0 Å². The van der Waals surface area contributed by atoms with E-state index in [2.05, 4.69) is 31.2 Å². The predicted octanol–water partition coefficient (Wildman–Crippen LogP) is 6.71. The highest BCUT2D eigenvalue weighted by molar-refractivity contribution is 5.28. The molecular formula is C21H34O. The number of rotatable bonds is 13. The Kier molecular flexibility index (Phi) is 11.5. The first kappa shape index (κ1) is 18.8. The smallest absolute Gasteiger partial charge is 0.118 e. The number of hydrogen-bond donors (Lipinski definition) is 0. The van der Waals surface area contributed by atoms with E-state index >= 15 is 0 Å². The Balaban J connectivity index is 1.93. The molecule has 22 heavy (non-hydrogen) atoms. The maximum absolute atomic E-state index is 5.17. The molecule has 0 spiro atoms. The van der Waals surface area contributed by atoms with Crippen LogP contribution in [0.4, 0.5) is 0 Å². The molecule has 124 valence electrons. The molecule has 1 aromatic rings. The van der Waals surface area contributed by atoms with Gasteiger partial charge in [0.25, 0.3) is 0 Å². The van der Waals surface area contributed by atoms with Crippen molar-refractivity contribution in [2.45, 2.75) is 77.6 Å². The molecule has 0 aromatic heterocycles. The van der Waals surface area contributed by atoms with Gasteiger partial charge in [0.1, 0.15) is 5.75 Å². The largest absolute Gasteiger partial charge is 0.497 e. The minimum Gasteiger partial charge on any atom is -0.497 e. The van der Waals surface area contributed by atoms with Crippen LogP contribution < -0.4 is 4.74 Å². The zero-order valence-corrected chi connectivity index (χ0v) is 14.7. The lowest BCUT2D eigenvalue weighted by molar-refractivity contribution is 0.414. The predicted molar refractivity (Wildman–Crippen MR) is 97.7 cm³/mol. The number of methoxy groups -OCH3 is 1. The third kappa shape index (κ3) is 9.65. The summed E-state index contributed by atoms with van der Waals surface area (Å²) in [5.74, 6) is 0.933. The monoisotopic (exact) mass is 302 g/mol. The van der Waals surface area contributed by atoms with Gasteiger partial charge in [0.2, 0.25) is 0 Å². The maximum Gasteiger partial charge on any atom is 0.118 e. The highest BCUT2D eigenvalue weighted by Crippen LogP contribution is 2.13. The van der Waals surface area contributed by atoms with Crippen molar-refractivity contribution in [1.82, 2.24) is 0 Å². The van der Waals surface area contributed by atoms with Gasteiger partial charge in [-0.1, -0.05) is 82.6 Å². The van der Waals surface area contributed by atoms with Gasteiger partial charge >= 0.3 is 0 Å². The summed E-state index contributed by atoms with van der Waals surface area (Å²) in [6, 6.07) is 8.34. The normalized spacial score (nSPS) is 11.2. The lowest BCUT2D eigenvalue weighted by Gasteiger charge is -2.01. The van der Waals surface area contributed by atoms with Crippen LogP contribution in [-0.2, 0) is 6.42 Å². The molecule has 0 aliphatic rings. The van der Waals surface area contributed by atoms with Crippen molar-refractivity contribution in [3.8, 4) is 5.75 Å². The summed E-state index contributed by atoms with van der Waals surface area (Å²) in [5, 5.41) is 0. The Labute approximate surface area is 137 Å². The molecule has 1 nitrogen and oxygen atoms in total. The molecule has 0 atom stereocenters. The number of allylic oxidation sites excluding steroid dienone is 2. The van der Waals surface area contributed by atoms with Crippen molar-refractivity contribution < 1.29 is 4.74 Å². The van der Waals surface area contributed by atoms with Gasteiger partial charge < -0.3 is 4.74 Å². The molecule has 0 N–H and O–H groups in total. The van der Waals surface area contributed by atoms with E-state index in [1.807, 2.05) is 12.1 Å². The van der Waals surface area contributed by atoms with Gasteiger partial charge in [-0.3, -0.25) is 0 Å². The third-order valence-electron chi connectivity index (χ3n) is 4.15. The first-order valence-corrected chi connectivity index (χ1v) is 9.14. The van der Waals surface area contributed by atoms with Crippen LogP contribution in [0.25, 0.3) is 0 Å². The number of benzene rings is 1. The second-order valence-corrected chi connectivity index (χ2v) is 6.14. The SMILES string of the molecule is CCCCCCCCCCCC=CCc1ccc(OC)cc1.